The van der Waals surface area contributed by atoms with Crippen LogP contribution in [0.2, 0.25) is 0 Å². The van der Waals surface area contributed by atoms with E-state index in [2.05, 4.69) is 4.98 Å². The zero-order chi connectivity index (χ0) is 17.1. The number of aromatic nitrogens is 1. The van der Waals surface area contributed by atoms with Crippen LogP contribution in [0, 0.1) is 0 Å². The van der Waals surface area contributed by atoms with Gasteiger partial charge in [-0.3, -0.25) is 4.98 Å². The Balaban J connectivity index is 1.78. The Labute approximate surface area is 144 Å². The molecule has 2 aromatic heterocycles. The number of hydrogen-bond acceptors (Lipinski definition) is 4. The fourth-order valence-corrected chi connectivity index (χ4v) is 2.79. The van der Waals surface area contributed by atoms with Gasteiger partial charge in [0.2, 0.25) is 6.10 Å². The average molecular weight is 329 g/mol. The van der Waals surface area contributed by atoms with Crippen molar-refractivity contribution < 1.29 is 13.9 Å². The van der Waals surface area contributed by atoms with E-state index in [0.717, 1.165) is 10.8 Å². The van der Waals surface area contributed by atoms with E-state index in [0.29, 0.717) is 17.0 Å². The van der Waals surface area contributed by atoms with Crippen LogP contribution in [0.5, 0.6) is 0 Å². The number of carbonyl (C=O) groups is 1. The van der Waals surface area contributed by atoms with Gasteiger partial charge >= 0.3 is 5.97 Å². The Morgan fingerprint density at radius 3 is 2.52 bits per heavy atom. The van der Waals surface area contributed by atoms with Crippen LogP contribution in [0.3, 0.4) is 0 Å². The number of nitrogens with zero attached hydrogens (tertiary/aromatic N) is 1. The van der Waals surface area contributed by atoms with Crippen molar-refractivity contribution in [1.29, 1.82) is 0 Å². The van der Waals surface area contributed by atoms with Crippen LogP contribution < -0.4 is 0 Å². The lowest BCUT2D eigenvalue weighted by molar-refractivity contribution is 0.0332. The van der Waals surface area contributed by atoms with Crippen molar-refractivity contribution in [1.82, 2.24) is 4.98 Å². The molecule has 0 saturated carbocycles. The predicted molar refractivity (Wildman–Crippen MR) is 94.2 cm³/mol. The molecular weight excluding hydrogens is 314 g/mol. The summed E-state index contributed by atoms with van der Waals surface area (Å²) in [5.74, 6) is 0.116. The monoisotopic (exact) mass is 329 g/mol. The first kappa shape index (κ1) is 15.1. The van der Waals surface area contributed by atoms with Crippen LogP contribution in [0.25, 0.3) is 10.8 Å². The molecule has 0 aliphatic carbocycles. The van der Waals surface area contributed by atoms with Crippen LogP contribution in [0.4, 0.5) is 0 Å². The van der Waals surface area contributed by atoms with Crippen molar-refractivity contribution in [3.05, 3.63) is 102 Å². The van der Waals surface area contributed by atoms with Crippen LogP contribution in [-0.2, 0) is 4.74 Å². The molecule has 0 N–H and O–H groups in total. The molecule has 0 fully saturated rings. The zero-order valence-corrected chi connectivity index (χ0v) is 13.3. The molecule has 0 aliphatic heterocycles. The highest BCUT2D eigenvalue weighted by atomic mass is 16.6. The third-order valence-corrected chi connectivity index (χ3v) is 3.99. The lowest BCUT2D eigenvalue weighted by Gasteiger charge is -2.17. The Morgan fingerprint density at radius 2 is 1.72 bits per heavy atom. The van der Waals surface area contributed by atoms with Gasteiger partial charge in [-0.25, -0.2) is 4.79 Å². The molecule has 0 bridgehead atoms. The molecule has 25 heavy (non-hydrogen) atoms. The smallest absolute Gasteiger partial charge is 0.339 e. The molecule has 0 unspecified atom stereocenters. The molecule has 0 aliphatic rings. The van der Waals surface area contributed by atoms with Crippen LogP contribution in [0.1, 0.15) is 27.9 Å². The SMILES string of the molecule is O=C(O[C@H](c1ccco1)c1nccc2ccccc12)c1ccccc1. The summed E-state index contributed by atoms with van der Waals surface area (Å²) in [7, 11) is 0. The predicted octanol–water partition coefficient (Wildman–Crippen LogP) is 4.77. The number of fused-ring (bicyclic) bond motifs is 1. The average Bonchev–Trinajstić information content (AvgIpc) is 3.21. The Bertz CT molecular complexity index is 989. The summed E-state index contributed by atoms with van der Waals surface area (Å²) >= 11 is 0. The van der Waals surface area contributed by atoms with Crippen LogP contribution >= 0.6 is 0 Å². The van der Waals surface area contributed by atoms with E-state index in [1.165, 1.54) is 0 Å². The lowest BCUT2D eigenvalue weighted by Crippen LogP contribution is -2.14. The molecule has 122 valence electrons. The molecule has 2 aromatic carbocycles. The summed E-state index contributed by atoms with van der Waals surface area (Å²) in [6, 6.07) is 22.2. The molecule has 4 aromatic rings. The second kappa shape index (κ2) is 6.61. The maximum absolute atomic E-state index is 12.6. The summed E-state index contributed by atoms with van der Waals surface area (Å²) in [5, 5.41) is 1.95. The first-order valence-electron chi connectivity index (χ1n) is 7.96. The van der Waals surface area contributed by atoms with Gasteiger partial charge in [0.25, 0.3) is 0 Å². The summed E-state index contributed by atoms with van der Waals surface area (Å²) in [6.07, 6.45) is 2.56. The van der Waals surface area contributed by atoms with Crippen molar-refractivity contribution >= 4 is 16.7 Å². The fraction of sp³-hybridized carbons (Fsp3) is 0.0476. The normalized spacial score (nSPS) is 12.0. The van der Waals surface area contributed by atoms with Gasteiger partial charge in [0.05, 0.1) is 17.5 Å². The van der Waals surface area contributed by atoms with E-state index in [9.17, 15) is 4.79 Å². The van der Waals surface area contributed by atoms with Gasteiger partial charge in [0, 0.05) is 11.6 Å². The van der Waals surface area contributed by atoms with Crippen molar-refractivity contribution in [3.63, 3.8) is 0 Å². The quantitative estimate of drug-likeness (QED) is 0.506. The second-order valence-corrected chi connectivity index (χ2v) is 5.58. The second-order valence-electron chi connectivity index (χ2n) is 5.58. The van der Waals surface area contributed by atoms with E-state index < -0.39 is 12.1 Å². The Hall–Kier alpha value is -3.40. The van der Waals surface area contributed by atoms with Crippen LogP contribution in [0.15, 0.2) is 89.7 Å². The molecule has 0 amide bonds. The number of ether oxygens (including phenoxy) is 1. The number of furan rings is 1. The van der Waals surface area contributed by atoms with Gasteiger partial charge < -0.3 is 9.15 Å². The van der Waals surface area contributed by atoms with E-state index in [-0.39, 0.29) is 0 Å². The maximum atomic E-state index is 12.6. The Kier molecular flexibility index (Phi) is 4.01. The van der Waals surface area contributed by atoms with Gasteiger partial charge in [-0.1, -0.05) is 42.5 Å². The molecule has 4 heteroatoms. The van der Waals surface area contributed by atoms with Crippen molar-refractivity contribution in [2.24, 2.45) is 0 Å². The Morgan fingerprint density at radius 1 is 0.920 bits per heavy atom. The maximum Gasteiger partial charge on any atom is 0.339 e. The minimum atomic E-state index is -0.714. The fourth-order valence-electron chi connectivity index (χ4n) is 2.79. The van der Waals surface area contributed by atoms with E-state index in [1.54, 1.807) is 48.9 Å². The number of rotatable bonds is 4. The first-order valence-corrected chi connectivity index (χ1v) is 7.96. The first-order chi connectivity index (χ1) is 12.3. The molecule has 2 heterocycles. The standard InChI is InChI=1S/C21H15NO3/c23-21(16-8-2-1-3-9-16)25-20(18-11-6-14-24-18)19-17-10-5-4-7-15(17)12-13-22-19/h1-14,20H/t20-/m1/s1. The van der Waals surface area contributed by atoms with Gasteiger partial charge in [-0.15, -0.1) is 0 Å². The summed E-state index contributed by atoms with van der Waals surface area (Å²) in [4.78, 5) is 17.0. The van der Waals surface area contributed by atoms with Gasteiger partial charge in [-0.05, 0) is 35.7 Å². The summed E-state index contributed by atoms with van der Waals surface area (Å²) < 4.78 is 11.3. The molecule has 0 spiro atoms. The van der Waals surface area contributed by atoms with E-state index >= 15 is 0 Å². The third kappa shape index (κ3) is 3.02. The minimum Gasteiger partial charge on any atom is -0.465 e. The number of carbonyl (C=O) groups excluding carboxylic acids is 1. The molecule has 1 atom stereocenters. The highest BCUT2D eigenvalue weighted by Crippen LogP contribution is 2.31. The van der Waals surface area contributed by atoms with Crippen LogP contribution in [-0.4, -0.2) is 11.0 Å². The van der Waals surface area contributed by atoms with Gasteiger partial charge in [0.1, 0.15) is 0 Å². The van der Waals surface area contributed by atoms with Crippen molar-refractivity contribution in [3.8, 4) is 0 Å². The zero-order valence-electron chi connectivity index (χ0n) is 13.3. The molecule has 4 nitrogen and oxygen atoms in total. The lowest BCUT2D eigenvalue weighted by atomic mass is 10.0. The van der Waals surface area contributed by atoms with Gasteiger partial charge in [-0.2, -0.15) is 0 Å². The van der Waals surface area contributed by atoms with Gasteiger partial charge in [0.15, 0.2) is 5.76 Å². The van der Waals surface area contributed by atoms with E-state index in [4.69, 9.17) is 9.15 Å². The number of pyridine rings is 1. The largest absolute Gasteiger partial charge is 0.465 e. The summed E-state index contributed by atoms with van der Waals surface area (Å²) in [5.41, 5.74) is 1.14. The highest BCUT2D eigenvalue weighted by molar-refractivity contribution is 5.90. The summed E-state index contributed by atoms with van der Waals surface area (Å²) in [6.45, 7) is 0. The minimum absolute atomic E-state index is 0.420. The molecule has 0 radical (unpaired) electrons. The van der Waals surface area contributed by atoms with Crippen molar-refractivity contribution in [2.45, 2.75) is 6.10 Å². The number of esters is 1. The number of benzene rings is 2. The molecule has 4 rings (SSSR count). The van der Waals surface area contributed by atoms with E-state index in [1.807, 2.05) is 36.4 Å². The third-order valence-electron chi connectivity index (χ3n) is 3.99. The topological polar surface area (TPSA) is 52.3 Å². The van der Waals surface area contributed by atoms with Crippen molar-refractivity contribution in [2.75, 3.05) is 0 Å². The molecular formula is C21H15NO3. The molecule has 0 saturated heterocycles. The highest BCUT2D eigenvalue weighted by Gasteiger charge is 2.25. The number of hydrogen-bond donors (Lipinski definition) is 0.